The lowest BCUT2D eigenvalue weighted by Gasteiger charge is -2.19. The number of nitrogens with one attached hydrogen (secondary N) is 1. The van der Waals surface area contributed by atoms with Gasteiger partial charge in [0, 0.05) is 22.8 Å². The van der Waals surface area contributed by atoms with Crippen LogP contribution in [0.4, 0.5) is 5.82 Å². The SMILES string of the molecule is CNC(Cc1ccccc1Cl)c1cc(C)cnc1N. The van der Waals surface area contributed by atoms with Crippen molar-refractivity contribution in [3.8, 4) is 0 Å². The first-order valence-corrected chi connectivity index (χ1v) is 6.62. The molecule has 0 saturated carbocycles. The lowest BCUT2D eigenvalue weighted by molar-refractivity contribution is 0.591. The van der Waals surface area contributed by atoms with E-state index in [1.54, 1.807) is 6.20 Å². The number of halogens is 1. The molecule has 3 nitrogen and oxygen atoms in total. The largest absolute Gasteiger partial charge is 0.383 e. The number of aryl methyl sites for hydroxylation is 1. The molecule has 1 unspecified atom stereocenters. The number of benzene rings is 1. The quantitative estimate of drug-likeness (QED) is 0.901. The van der Waals surface area contributed by atoms with Crippen molar-refractivity contribution in [1.29, 1.82) is 0 Å². The Bertz CT molecular complexity index is 569. The first-order valence-electron chi connectivity index (χ1n) is 6.24. The number of nitrogens with zero attached hydrogens (tertiary/aromatic N) is 1. The van der Waals surface area contributed by atoms with E-state index in [4.69, 9.17) is 17.3 Å². The van der Waals surface area contributed by atoms with Crippen molar-refractivity contribution in [2.45, 2.75) is 19.4 Å². The maximum absolute atomic E-state index is 6.21. The second kappa shape index (κ2) is 6.04. The molecule has 0 radical (unpaired) electrons. The van der Waals surface area contributed by atoms with E-state index >= 15 is 0 Å². The van der Waals surface area contributed by atoms with Crippen LogP contribution in [0.3, 0.4) is 0 Å². The van der Waals surface area contributed by atoms with Crippen molar-refractivity contribution in [3.05, 3.63) is 58.2 Å². The molecule has 0 amide bonds. The molecule has 0 bridgehead atoms. The highest BCUT2D eigenvalue weighted by Gasteiger charge is 2.15. The fraction of sp³-hybridized carbons (Fsp3) is 0.267. The molecule has 0 aliphatic rings. The Morgan fingerprint density at radius 2 is 2.11 bits per heavy atom. The molecule has 1 aromatic heterocycles. The molecule has 0 saturated heterocycles. The predicted molar refractivity (Wildman–Crippen MR) is 80.3 cm³/mol. The molecule has 3 N–H and O–H groups in total. The number of hydrogen-bond acceptors (Lipinski definition) is 3. The number of anilines is 1. The third-order valence-electron chi connectivity index (χ3n) is 3.19. The predicted octanol–water partition coefficient (Wildman–Crippen LogP) is 3.13. The molecule has 0 spiro atoms. The average Bonchev–Trinajstić information content (AvgIpc) is 2.41. The van der Waals surface area contributed by atoms with Crippen molar-refractivity contribution >= 4 is 17.4 Å². The summed E-state index contributed by atoms with van der Waals surface area (Å²) in [6.45, 7) is 2.01. The van der Waals surface area contributed by atoms with Gasteiger partial charge >= 0.3 is 0 Å². The molecule has 0 aliphatic carbocycles. The van der Waals surface area contributed by atoms with Gasteiger partial charge in [0.05, 0.1) is 0 Å². The van der Waals surface area contributed by atoms with Crippen LogP contribution in [-0.4, -0.2) is 12.0 Å². The summed E-state index contributed by atoms with van der Waals surface area (Å²) in [7, 11) is 1.92. The highest BCUT2D eigenvalue weighted by molar-refractivity contribution is 6.31. The smallest absolute Gasteiger partial charge is 0.128 e. The van der Waals surface area contributed by atoms with Gasteiger partial charge in [-0.15, -0.1) is 0 Å². The van der Waals surface area contributed by atoms with Crippen LogP contribution in [0.2, 0.25) is 5.02 Å². The summed E-state index contributed by atoms with van der Waals surface area (Å²) in [6.07, 6.45) is 2.56. The van der Waals surface area contributed by atoms with Gasteiger partial charge < -0.3 is 11.1 Å². The Morgan fingerprint density at radius 1 is 1.37 bits per heavy atom. The zero-order valence-electron chi connectivity index (χ0n) is 11.2. The molecule has 1 heterocycles. The summed E-state index contributed by atoms with van der Waals surface area (Å²) < 4.78 is 0. The first-order chi connectivity index (χ1) is 9.11. The summed E-state index contributed by atoms with van der Waals surface area (Å²) >= 11 is 6.21. The molecule has 1 atom stereocenters. The second-order valence-electron chi connectivity index (χ2n) is 4.62. The minimum Gasteiger partial charge on any atom is -0.383 e. The minimum atomic E-state index is 0.104. The van der Waals surface area contributed by atoms with Crippen molar-refractivity contribution in [1.82, 2.24) is 10.3 Å². The van der Waals surface area contributed by atoms with E-state index < -0.39 is 0 Å². The van der Waals surface area contributed by atoms with E-state index in [0.29, 0.717) is 5.82 Å². The molecule has 1 aromatic carbocycles. The molecule has 19 heavy (non-hydrogen) atoms. The van der Waals surface area contributed by atoms with Crippen LogP contribution in [0.5, 0.6) is 0 Å². The Labute approximate surface area is 118 Å². The van der Waals surface area contributed by atoms with Gasteiger partial charge in [0.2, 0.25) is 0 Å². The fourth-order valence-corrected chi connectivity index (χ4v) is 2.35. The van der Waals surface area contributed by atoms with Crippen LogP contribution in [0, 0.1) is 6.92 Å². The van der Waals surface area contributed by atoms with Gasteiger partial charge in [-0.3, -0.25) is 0 Å². The summed E-state index contributed by atoms with van der Waals surface area (Å²) in [5, 5.41) is 4.06. The fourth-order valence-electron chi connectivity index (χ4n) is 2.13. The van der Waals surface area contributed by atoms with Crippen molar-refractivity contribution in [3.63, 3.8) is 0 Å². The number of aromatic nitrogens is 1. The van der Waals surface area contributed by atoms with Gasteiger partial charge in [0.25, 0.3) is 0 Å². The van der Waals surface area contributed by atoms with Crippen LogP contribution in [-0.2, 0) is 6.42 Å². The van der Waals surface area contributed by atoms with E-state index in [2.05, 4.69) is 16.4 Å². The molecule has 2 aromatic rings. The Morgan fingerprint density at radius 3 is 2.79 bits per heavy atom. The van der Waals surface area contributed by atoms with Gasteiger partial charge in [-0.25, -0.2) is 4.98 Å². The molecular formula is C15H18ClN3. The second-order valence-corrected chi connectivity index (χ2v) is 5.03. The highest BCUT2D eigenvalue weighted by atomic mass is 35.5. The Hall–Kier alpha value is -1.58. The topological polar surface area (TPSA) is 50.9 Å². The minimum absolute atomic E-state index is 0.104. The first kappa shape index (κ1) is 13.8. The van der Waals surface area contributed by atoms with Gasteiger partial charge in [0.1, 0.15) is 5.82 Å². The summed E-state index contributed by atoms with van der Waals surface area (Å²) in [6, 6.07) is 10.0. The van der Waals surface area contributed by atoms with E-state index in [1.807, 2.05) is 38.2 Å². The maximum atomic E-state index is 6.21. The van der Waals surface area contributed by atoms with E-state index in [9.17, 15) is 0 Å². The lowest BCUT2D eigenvalue weighted by atomic mass is 9.98. The molecule has 2 rings (SSSR count). The zero-order valence-corrected chi connectivity index (χ0v) is 11.9. The van der Waals surface area contributed by atoms with Crippen molar-refractivity contribution in [2.75, 3.05) is 12.8 Å². The maximum Gasteiger partial charge on any atom is 0.128 e. The van der Waals surface area contributed by atoms with Gasteiger partial charge in [-0.2, -0.15) is 0 Å². The molecule has 0 fully saturated rings. The van der Waals surface area contributed by atoms with E-state index in [1.165, 1.54) is 0 Å². The number of nitrogen functional groups attached to an aromatic ring is 1. The Balaban J connectivity index is 2.30. The summed E-state index contributed by atoms with van der Waals surface area (Å²) in [5.41, 5.74) is 9.19. The number of rotatable bonds is 4. The summed E-state index contributed by atoms with van der Waals surface area (Å²) in [5.74, 6) is 0.567. The molecule has 4 heteroatoms. The van der Waals surface area contributed by atoms with Crippen LogP contribution < -0.4 is 11.1 Å². The number of nitrogens with two attached hydrogens (primary N) is 1. The molecule has 0 aliphatic heterocycles. The third kappa shape index (κ3) is 3.25. The van der Waals surface area contributed by atoms with Crippen molar-refractivity contribution in [2.24, 2.45) is 0 Å². The van der Waals surface area contributed by atoms with Crippen LogP contribution >= 0.6 is 11.6 Å². The summed E-state index contributed by atoms with van der Waals surface area (Å²) in [4.78, 5) is 4.22. The Kier molecular flexibility index (Phi) is 4.40. The average molecular weight is 276 g/mol. The van der Waals surface area contributed by atoms with Gasteiger partial charge in [-0.05, 0) is 43.7 Å². The van der Waals surface area contributed by atoms with Crippen LogP contribution in [0.15, 0.2) is 36.5 Å². The van der Waals surface area contributed by atoms with E-state index in [-0.39, 0.29) is 6.04 Å². The monoisotopic (exact) mass is 275 g/mol. The normalized spacial score (nSPS) is 12.4. The standard InChI is InChI=1S/C15H18ClN3/c1-10-7-12(15(17)19-9-10)14(18-2)8-11-5-3-4-6-13(11)16/h3-7,9,14,18H,8H2,1-2H3,(H2,17,19). The molecular weight excluding hydrogens is 258 g/mol. The van der Waals surface area contributed by atoms with Gasteiger partial charge in [0.15, 0.2) is 0 Å². The molecule has 100 valence electrons. The number of pyridine rings is 1. The number of hydrogen-bond donors (Lipinski definition) is 2. The van der Waals surface area contributed by atoms with E-state index in [0.717, 1.165) is 28.1 Å². The van der Waals surface area contributed by atoms with Crippen molar-refractivity contribution < 1.29 is 0 Å². The zero-order chi connectivity index (χ0) is 13.8. The van der Waals surface area contributed by atoms with Crippen LogP contribution in [0.25, 0.3) is 0 Å². The van der Waals surface area contributed by atoms with Crippen LogP contribution in [0.1, 0.15) is 22.7 Å². The lowest BCUT2D eigenvalue weighted by Crippen LogP contribution is -2.21. The number of likely N-dealkylation sites (N-methyl/N-ethyl adjacent to an activating group) is 1. The third-order valence-corrected chi connectivity index (χ3v) is 3.56. The van der Waals surface area contributed by atoms with Gasteiger partial charge in [-0.1, -0.05) is 29.8 Å². The highest BCUT2D eigenvalue weighted by Crippen LogP contribution is 2.26.